The van der Waals surface area contributed by atoms with Crippen molar-refractivity contribution in [1.82, 2.24) is 10.0 Å². The molecule has 2 atom stereocenters. The Hall–Kier alpha value is -0.830. The van der Waals surface area contributed by atoms with Crippen molar-refractivity contribution < 1.29 is 21.6 Å². The normalized spacial score (nSPS) is 23.5. The van der Waals surface area contributed by atoms with E-state index in [-0.39, 0.29) is 12.0 Å². The van der Waals surface area contributed by atoms with E-state index in [0.717, 1.165) is 25.1 Å². The number of hydrogen-bond donors (Lipinski definition) is 2. The Morgan fingerprint density at radius 1 is 1.36 bits per heavy atom. The molecule has 1 heterocycles. The molecule has 1 aliphatic heterocycles. The minimum absolute atomic E-state index is 0.102. The van der Waals surface area contributed by atoms with Crippen LogP contribution in [0, 0.1) is 5.92 Å². The number of sulfonamides is 1. The molecule has 1 aromatic carbocycles. The number of piperidine rings is 1. The van der Waals surface area contributed by atoms with E-state index < -0.39 is 31.7 Å². The largest absolute Gasteiger partial charge is 0.417 e. The lowest BCUT2D eigenvalue weighted by Gasteiger charge is -2.30. The zero-order valence-corrected chi connectivity index (χ0v) is 13.3. The van der Waals surface area contributed by atoms with Gasteiger partial charge in [0.25, 0.3) is 0 Å². The van der Waals surface area contributed by atoms with Crippen LogP contribution in [0.1, 0.15) is 18.9 Å². The molecule has 0 radical (unpaired) electrons. The molecule has 0 saturated carbocycles. The lowest BCUT2D eigenvalue weighted by Crippen LogP contribution is -2.50. The molecular formula is C13H16ClF3N2O2S. The summed E-state index contributed by atoms with van der Waals surface area (Å²) in [6.45, 7) is 3.13. The van der Waals surface area contributed by atoms with Crippen LogP contribution in [0.4, 0.5) is 13.2 Å². The molecule has 0 aromatic heterocycles. The molecule has 1 aliphatic rings. The molecule has 2 N–H and O–H groups in total. The van der Waals surface area contributed by atoms with Crippen LogP contribution < -0.4 is 10.0 Å². The van der Waals surface area contributed by atoms with E-state index in [9.17, 15) is 21.6 Å². The van der Waals surface area contributed by atoms with E-state index in [1.165, 1.54) is 0 Å². The standard InChI is InChI=1S/C13H16ClF3N2O2S/c1-8-4-5-18-7-12(8)19-22(20,21)9-2-3-11(14)10(6-9)13(15,16)17/h2-3,6,8,12,18-19H,4-5,7H2,1H3. The van der Waals surface area contributed by atoms with Gasteiger partial charge in [-0.3, -0.25) is 0 Å². The molecular weight excluding hydrogens is 341 g/mol. The fourth-order valence-electron chi connectivity index (χ4n) is 2.30. The fourth-order valence-corrected chi connectivity index (χ4v) is 3.90. The molecule has 2 unspecified atom stereocenters. The smallest absolute Gasteiger partial charge is 0.315 e. The Kier molecular flexibility index (Phi) is 5.06. The van der Waals surface area contributed by atoms with Crippen molar-refractivity contribution in [3.05, 3.63) is 28.8 Å². The lowest BCUT2D eigenvalue weighted by atomic mass is 9.96. The van der Waals surface area contributed by atoms with Crippen molar-refractivity contribution >= 4 is 21.6 Å². The van der Waals surface area contributed by atoms with Crippen LogP contribution in [0.3, 0.4) is 0 Å². The summed E-state index contributed by atoms with van der Waals surface area (Å²) < 4.78 is 65.5. The van der Waals surface area contributed by atoms with Gasteiger partial charge >= 0.3 is 6.18 Å². The zero-order valence-electron chi connectivity index (χ0n) is 11.7. The summed E-state index contributed by atoms with van der Waals surface area (Å²) in [5.74, 6) is 0.102. The van der Waals surface area contributed by atoms with Crippen LogP contribution in [0.5, 0.6) is 0 Å². The summed E-state index contributed by atoms with van der Waals surface area (Å²) in [4.78, 5) is -0.443. The molecule has 2 rings (SSSR count). The molecule has 0 spiro atoms. The number of halogens is 4. The average Bonchev–Trinajstić information content (AvgIpc) is 2.40. The summed E-state index contributed by atoms with van der Waals surface area (Å²) in [5.41, 5.74) is -1.16. The van der Waals surface area contributed by atoms with Crippen molar-refractivity contribution in [2.75, 3.05) is 13.1 Å². The Labute approximate surface area is 132 Å². The fraction of sp³-hybridized carbons (Fsp3) is 0.538. The van der Waals surface area contributed by atoms with E-state index in [0.29, 0.717) is 12.6 Å². The lowest BCUT2D eigenvalue weighted by molar-refractivity contribution is -0.137. The second-order valence-corrected chi connectivity index (χ2v) is 7.46. The monoisotopic (exact) mass is 356 g/mol. The summed E-state index contributed by atoms with van der Waals surface area (Å²) in [6.07, 6.45) is -3.91. The number of rotatable bonds is 3. The topological polar surface area (TPSA) is 58.2 Å². The maximum atomic E-state index is 12.8. The second kappa shape index (κ2) is 6.35. The predicted molar refractivity (Wildman–Crippen MR) is 77.2 cm³/mol. The third-order valence-corrected chi connectivity index (χ3v) is 5.50. The van der Waals surface area contributed by atoms with E-state index in [4.69, 9.17) is 11.6 Å². The van der Waals surface area contributed by atoms with Crippen LogP contribution in [0.2, 0.25) is 5.02 Å². The molecule has 1 fully saturated rings. The Balaban J connectivity index is 2.30. The van der Waals surface area contributed by atoms with Crippen LogP contribution in [-0.2, 0) is 16.2 Å². The van der Waals surface area contributed by atoms with Crippen LogP contribution in [0.15, 0.2) is 23.1 Å². The van der Waals surface area contributed by atoms with Gasteiger partial charge in [-0.1, -0.05) is 18.5 Å². The highest BCUT2D eigenvalue weighted by molar-refractivity contribution is 7.89. The third-order valence-electron chi connectivity index (χ3n) is 3.69. The molecule has 0 amide bonds. The van der Waals surface area contributed by atoms with Crippen molar-refractivity contribution in [3.8, 4) is 0 Å². The Morgan fingerprint density at radius 2 is 2.05 bits per heavy atom. The third kappa shape index (κ3) is 3.92. The molecule has 22 heavy (non-hydrogen) atoms. The van der Waals surface area contributed by atoms with E-state index in [1.54, 1.807) is 0 Å². The number of benzene rings is 1. The van der Waals surface area contributed by atoms with Gasteiger partial charge in [0.05, 0.1) is 15.5 Å². The van der Waals surface area contributed by atoms with Gasteiger partial charge < -0.3 is 5.32 Å². The summed E-state index contributed by atoms with van der Waals surface area (Å²) in [5, 5.41) is 2.53. The van der Waals surface area contributed by atoms with Gasteiger partial charge in [0, 0.05) is 12.6 Å². The van der Waals surface area contributed by atoms with Gasteiger partial charge in [-0.25, -0.2) is 13.1 Å². The van der Waals surface area contributed by atoms with Crippen LogP contribution in [-0.4, -0.2) is 27.5 Å². The van der Waals surface area contributed by atoms with E-state index in [1.807, 2.05) is 6.92 Å². The van der Waals surface area contributed by atoms with Gasteiger partial charge in [0.15, 0.2) is 0 Å². The Bertz CT molecular complexity index is 649. The highest BCUT2D eigenvalue weighted by Crippen LogP contribution is 2.36. The van der Waals surface area contributed by atoms with Crippen molar-refractivity contribution in [2.45, 2.75) is 30.5 Å². The average molecular weight is 357 g/mol. The molecule has 1 aromatic rings. The second-order valence-electron chi connectivity index (χ2n) is 5.34. The summed E-state index contributed by atoms with van der Waals surface area (Å²) in [7, 11) is -4.04. The summed E-state index contributed by atoms with van der Waals surface area (Å²) >= 11 is 5.50. The molecule has 0 bridgehead atoms. The first-order valence-electron chi connectivity index (χ1n) is 6.71. The van der Waals surface area contributed by atoms with E-state index >= 15 is 0 Å². The first kappa shape index (κ1) is 17.5. The Morgan fingerprint density at radius 3 is 2.64 bits per heavy atom. The SMILES string of the molecule is CC1CCNCC1NS(=O)(=O)c1ccc(Cl)c(C(F)(F)F)c1. The predicted octanol–water partition coefficient (Wildman–Crippen LogP) is 2.64. The van der Waals surface area contributed by atoms with Gasteiger partial charge in [0.2, 0.25) is 10.0 Å². The minimum Gasteiger partial charge on any atom is -0.315 e. The maximum Gasteiger partial charge on any atom is 0.417 e. The number of alkyl halides is 3. The maximum absolute atomic E-state index is 12.8. The molecule has 9 heteroatoms. The van der Waals surface area contributed by atoms with Gasteiger partial charge in [0.1, 0.15) is 0 Å². The highest BCUT2D eigenvalue weighted by Gasteiger charge is 2.35. The minimum atomic E-state index is -4.71. The van der Waals surface area contributed by atoms with Crippen molar-refractivity contribution in [3.63, 3.8) is 0 Å². The zero-order chi connectivity index (χ0) is 16.5. The summed E-state index contributed by atoms with van der Waals surface area (Å²) in [6, 6.07) is 2.22. The molecule has 124 valence electrons. The van der Waals surface area contributed by atoms with Gasteiger partial charge in [-0.15, -0.1) is 0 Å². The quantitative estimate of drug-likeness (QED) is 0.875. The number of nitrogens with one attached hydrogen (secondary N) is 2. The van der Waals surface area contributed by atoms with Crippen LogP contribution >= 0.6 is 11.6 Å². The first-order chi connectivity index (χ1) is 10.1. The van der Waals surface area contributed by atoms with Crippen molar-refractivity contribution in [2.24, 2.45) is 5.92 Å². The van der Waals surface area contributed by atoms with Gasteiger partial charge in [-0.2, -0.15) is 13.2 Å². The van der Waals surface area contributed by atoms with E-state index in [2.05, 4.69) is 10.0 Å². The first-order valence-corrected chi connectivity index (χ1v) is 8.57. The molecule has 4 nitrogen and oxygen atoms in total. The molecule has 0 aliphatic carbocycles. The van der Waals surface area contributed by atoms with Crippen LogP contribution in [0.25, 0.3) is 0 Å². The highest BCUT2D eigenvalue weighted by atomic mass is 35.5. The molecule has 1 saturated heterocycles. The number of hydrogen-bond acceptors (Lipinski definition) is 3. The van der Waals surface area contributed by atoms with Crippen molar-refractivity contribution in [1.29, 1.82) is 0 Å². The van der Waals surface area contributed by atoms with Gasteiger partial charge in [-0.05, 0) is 37.1 Å².